The summed E-state index contributed by atoms with van der Waals surface area (Å²) in [6, 6.07) is 31.0. The van der Waals surface area contributed by atoms with Crippen molar-refractivity contribution in [3.63, 3.8) is 0 Å². The van der Waals surface area contributed by atoms with Crippen LogP contribution < -0.4 is 0 Å². The van der Waals surface area contributed by atoms with Crippen LogP contribution in [0.5, 0.6) is 0 Å². The molecule has 3 fully saturated rings. The van der Waals surface area contributed by atoms with Crippen molar-refractivity contribution in [2.45, 2.75) is 57.2 Å². The number of carbonyl (C=O) groups is 2. The van der Waals surface area contributed by atoms with Gasteiger partial charge in [0, 0.05) is 44.0 Å². The predicted octanol–water partition coefficient (Wildman–Crippen LogP) is 6.27. The van der Waals surface area contributed by atoms with E-state index >= 15 is 0 Å². The second-order valence-corrected chi connectivity index (χ2v) is 13.8. The average molecular weight is 675 g/mol. The lowest BCUT2D eigenvalue weighted by atomic mass is 9.89. The average Bonchev–Trinajstić information content (AvgIpc) is 3.72. The normalized spacial score (nSPS) is 25.0. The van der Waals surface area contributed by atoms with Gasteiger partial charge in [-0.3, -0.25) is 14.5 Å². The molecule has 4 atom stereocenters. The van der Waals surface area contributed by atoms with Crippen LogP contribution in [0.4, 0.5) is 0 Å². The first-order valence-corrected chi connectivity index (χ1v) is 17.6. The first kappa shape index (κ1) is 33.0. The molecule has 4 aromatic rings. The number of piperidine rings is 1. The Morgan fingerprint density at radius 3 is 1.98 bits per heavy atom. The third kappa shape index (κ3) is 6.30. The zero-order valence-corrected chi connectivity index (χ0v) is 28.2. The number of nitrogens with zero attached hydrogens (tertiary/aromatic N) is 2. The molecule has 0 aromatic heterocycles. The highest BCUT2D eigenvalue weighted by Crippen LogP contribution is 2.43. The minimum absolute atomic E-state index is 0.00657. The lowest BCUT2D eigenvalue weighted by molar-refractivity contribution is -0.278. The van der Waals surface area contributed by atoms with Crippen LogP contribution >= 0.6 is 0 Å². The highest BCUT2D eigenvalue weighted by Gasteiger charge is 2.43. The third-order valence-electron chi connectivity index (χ3n) is 10.7. The number of amides is 2. The van der Waals surface area contributed by atoms with E-state index in [1.165, 1.54) is 4.90 Å². The van der Waals surface area contributed by atoms with E-state index in [9.17, 15) is 14.7 Å². The van der Waals surface area contributed by atoms with Crippen LogP contribution in [0.15, 0.2) is 97.1 Å². The molecule has 1 spiro atoms. The summed E-state index contributed by atoms with van der Waals surface area (Å²) in [6.45, 7) is 6.22. The molecule has 3 saturated heterocycles. The molecular weight excluding hydrogens is 632 g/mol. The Morgan fingerprint density at radius 2 is 1.34 bits per heavy atom. The molecule has 4 heterocycles. The summed E-state index contributed by atoms with van der Waals surface area (Å²) < 4.78 is 25.4. The molecule has 4 aromatic carbocycles. The maximum absolute atomic E-state index is 13.1. The fraction of sp³-hybridized carbons (Fsp3) is 0.366. The van der Waals surface area contributed by atoms with E-state index in [0.717, 1.165) is 65.9 Å². The van der Waals surface area contributed by atoms with Crippen LogP contribution in [-0.2, 0) is 32.1 Å². The molecule has 0 bridgehead atoms. The largest absolute Gasteiger partial charge is 0.392 e. The number of aliphatic hydroxyl groups is 1. The van der Waals surface area contributed by atoms with Crippen LogP contribution in [0.25, 0.3) is 11.1 Å². The van der Waals surface area contributed by atoms with Gasteiger partial charge in [0.2, 0.25) is 0 Å². The van der Waals surface area contributed by atoms with Gasteiger partial charge in [-0.2, -0.15) is 0 Å². The minimum atomic E-state index is -0.584. The van der Waals surface area contributed by atoms with Crippen molar-refractivity contribution in [2.24, 2.45) is 5.92 Å². The van der Waals surface area contributed by atoms with Gasteiger partial charge >= 0.3 is 0 Å². The number of carbonyl (C=O) groups excluding carboxylic acids is 2. The second-order valence-electron chi connectivity index (χ2n) is 13.8. The van der Waals surface area contributed by atoms with Gasteiger partial charge in [-0.1, -0.05) is 91.9 Å². The lowest BCUT2D eigenvalue weighted by Gasteiger charge is -2.44. The number of hydrogen-bond acceptors (Lipinski definition) is 8. The van der Waals surface area contributed by atoms with E-state index in [4.69, 9.17) is 18.9 Å². The Labute approximate surface area is 292 Å². The van der Waals surface area contributed by atoms with Gasteiger partial charge in [-0.15, -0.1) is 0 Å². The van der Waals surface area contributed by atoms with Gasteiger partial charge in [-0.25, -0.2) is 0 Å². The standard InChI is InChI=1S/C41H42N2O7/c1-27-36(25-42-20-18-41(19-21-42)47-22-23-48-41)49-40(50-37(27)30-12-10-28(26-44)11-13-30)31-16-14-29(15-17-31)33-7-3-2-6-32(33)24-43-38(45)34-8-4-5-9-35(34)39(43)46/h2-17,27,36-37,40,44H,18-26H2,1H3/t27-,36+,37+,40+/m1/s1. The number of hydrogen-bond donors (Lipinski definition) is 1. The first-order valence-electron chi connectivity index (χ1n) is 17.6. The molecule has 1 N–H and O–H groups in total. The molecule has 0 saturated carbocycles. The fourth-order valence-corrected chi connectivity index (χ4v) is 7.76. The van der Waals surface area contributed by atoms with Gasteiger partial charge in [0.05, 0.1) is 49.7 Å². The van der Waals surface area contributed by atoms with Gasteiger partial charge in [0.1, 0.15) is 0 Å². The molecule has 50 heavy (non-hydrogen) atoms. The van der Waals surface area contributed by atoms with Crippen molar-refractivity contribution in [3.05, 3.63) is 130 Å². The van der Waals surface area contributed by atoms with Crippen molar-refractivity contribution in [2.75, 3.05) is 32.8 Å². The molecule has 9 heteroatoms. The van der Waals surface area contributed by atoms with E-state index in [0.29, 0.717) is 24.3 Å². The number of likely N-dealkylation sites (tertiary alicyclic amines) is 1. The van der Waals surface area contributed by atoms with E-state index < -0.39 is 12.1 Å². The van der Waals surface area contributed by atoms with Crippen LogP contribution in [-0.4, -0.2) is 71.5 Å². The molecule has 258 valence electrons. The summed E-state index contributed by atoms with van der Waals surface area (Å²) in [5, 5.41) is 9.63. The van der Waals surface area contributed by atoms with E-state index in [1.807, 2.05) is 72.8 Å². The Kier molecular flexibility index (Phi) is 9.11. The quantitative estimate of drug-likeness (QED) is 0.219. The summed E-state index contributed by atoms with van der Waals surface area (Å²) in [4.78, 5) is 30.0. The van der Waals surface area contributed by atoms with E-state index in [1.54, 1.807) is 24.3 Å². The monoisotopic (exact) mass is 674 g/mol. The van der Waals surface area contributed by atoms with Gasteiger partial charge in [-0.05, 0) is 39.9 Å². The lowest BCUT2D eigenvalue weighted by Crippen LogP contribution is -2.50. The number of rotatable bonds is 8. The molecule has 2 amide bonds. The third-order valence-corrected chi connectivity index (χ3v) is 10.7. The SMILES string of the molecule is C[C@@H]1[C@H](CN2CCC3(CC2)OCCO3)O[C@H](c2ccc(-c3ccccc3CN3C(=O)c4ccccc4C3=O)cc2)O[C@@H]1c1ccc(CO)cc1. The minimum Gasteiger partial charge on any atom is -0.392 e. The van der Waals surface area contributed by atoms with Crippen LogP contribution in [0.1, 0.15) is 75.1 Å². The van der Waals surface area contributed by atoms with Crippen molar-refractivity contribution >= 4 is 11.8 Å². The number of aliphatic hydroxyl groups excluding tert-OH is 1. The highest BCUT2D eigenvalue weighted by molar-refractivity contribution is 6.21. The maximum Gasteiger partial charge on any atom is 0.261 e. The first-order chi connectivity index (χ1) is 24.4. The number of fused-ring (bicyclic) bond motifs is 1. The molecule has 8 rings (SSSR count). The molecule has 0 aliphatic carbocycles. The van der Waals surface area contributed by atoms with Crippen molar-refractivity contribution in [1.29, 1.82) is 0 Å². The molecule has 4 aliphatic heterocycles. The fourth-order valence-electron chi connectivity index (χ4n) is 7.76. The second kappa shape index (κ2) is 13.8. The highest BCUT2D eigenvalue weighted by atomic mass is 16.7. The Morgan fingerprint density at radius 1 is 0.740 bits per heavy atom. The molecule has 0 unspecified atom stereocenters. The van der Waals surface area contributed by atoms with Crippen molar-refractivity contribution in [1.82, 2.24) is 9.80 Å². The summed E-state index contributed by atoms with van der Waals surface area (Å²) in [7, 11) is 0. The summed E-state index contributed by atoms with van der Waals surface area (Å²) in [5.74, 6) is -0.885. The smallest absolute Gasteiger partial charge is 0.261 e. The Bertz CT molecular complexity index is 1810. The Hall–Kier alpha value is -4.22. The van der Waals surface area contributed by atoms with Crippen molar-refractivity contribution in [3.8, 4) is 11.1 Å². The number of benzene rings is 4. The van der Waals surface area contributed by atoms with Crippen molar-refractivity contribution < 1.29 is 33.6 Å². The topological polar surface area (TPSA) is 97.8 Å². The summed E-state index contributed by atoms with van der Waals surface area (Å²) >= 11 is 0. The zero-order chi connectivity index (χ0) is 34.2. The van der Waals surface area contributed by atoms with Crippen LogP contribution in [0.2, 0.25) is 0 Å². The van der Waals surface area contributed by atoms with Gasteiger partial charge < -0.3 is 29.0 Å². The van der Waals surface area contributed by atoms with E-state index in [2.05, 4.69) is 11.8 Å². The van der Waals surface area contributed by atoms with Gasteiger partial charge in [0.15, 0.2) is 12.1 Å². The maximum atomic E-state index is 13.1. The molecule has 4 aliphatic rings. The molecule has 0 radical (unpaired) electrons. The summed E-state index contributed by atoms with van der Waals surface area (Å²) in [6.07, 6.45) is 0.811. The molecule has 9 nitrogen and oxygen atoms in total. The number of ether oxygens (including phenoxy) is 4. The Balaban J connectivity index is 1.02. The van der Waals surface area contributed by atoms with Crippen LogP contribution in [0.3, 0.4) is 0 Å². The zero-order valence-electron chi connectivity index (χ0n) is 28.2. The molecular formula is C41H42N2O7. The summed E-state index contributed by atoms with van der Waals surface area (Å²) in [5.41, 5.74) is 6.52. The number of imide groups is 1. The van der Waals surface area contributed by atoms with E-state index in [-0.39, 0.29) is 43.1 Å². The van der Waals surface area contributed by atoms with Crippen LogP contribution in [0, 0.1) is 5.92 Å². The predicted molar refractivity (Wildman–Crippen MR) is 186 cm³/mol. The van der Waals surface area contributed by atoms with Gasteiger partial charge in [0.25, 0.3) is 11.8 Å².